The SMILES string of the molecule is CCC(c1nnnn1C(C)(C)CC)N(Cc1cccs1)Cc1cc2cccc(C)c2[nH]c1=O. The zero-order valence-corrected chi connectivity index (χ0v) is 20.8. The van der Waals surface area contributed by atoms with Crippen molar-refractivity contribution in [3.63, 3.8) is 0 Å². The number of aryl methyl sites for hydroxylation is 1. The number of nitrogens with zero attached hydrogens (tertiary/aromatic N) is 5. The minimum absolute atomic E-state index is 0.0273. The average molecular weight is 465 g/mol. The predicted octanol–water partition coefficient (Wildman–Crippen LogP) is 5.18. The molecule has 0 saturated heterocycles. The van der Waals surface area contributed by atoms with Crippen LogP contribution in [0.25, 0.3) is 10.9 Å². The molecular formula is C25H32N6OS. The van der Waals surface area contributed by atoms with Gasteiger partial charge in [-0.2, -0.15) is 0 Å². The molecule has 0 fully saturated rings. The minimum Gasteiger partial charge on any atom is -0.321 e. The van der Waals surface area contributed by atoms with Crippen molar-refractivity contribution in [1.29, 1.82) is 0 Å². The van der Waals surface area contributed by atoms with Crippen molar-refractivity contribution >= 4 is 22.2 Å². The zero-order chi connectivity index (χ0) is 23.6. The lowest BCUT2D eigenvalue weighted by Crippen LogP contribution is -2.36. The van der Waals surface area contributed by atoms with Gasteiger partial charge in [-0.15, -0.1) is 16.4 Å². The summed E-state index contributed by atoms with van der Waals surface area (Å²) >= 11 is 1.72. The number of rotatable bonds is 9. The van der Waals surface area contributed by atoms with Gasteiger partial charge in [0.25, 0.3) is 5.56 Å². The molecule has 1 unspecified atom stereocenters. The van der Waals surface area contributed by atoms with Crippen LogP contribution in [0.15, 0.2) is 46.6 Å². The molecule has 0 radical (unpaired) electrons. The highest BCUT2D eigenvalue weighted by atomic mass is 32.1. The van der Waals surface area contributed by atoms with Crippen LogP contribution < -0.4 is 5.56 Å². The monoisotopic (exact) mass is 464 g/mol. The minimum atomic E-state index is -0.196. The molecule has 7 nitrogen and oxygen atoms in total. The summed E-state index contributed by atoms with van der Waals surface area (Å²) in [5.41, 5.74) is 2.47. The van der Waals surface area contributed by atoms with Crippen molar-refractivity contribution in [2.24, 2.45) is 0 Å². The fourth-order valence-corrected chi connectivity index (χ4v) is 4.96. The van der Waals surface area contributed by atoms with Gasteiger partial charge in [0, 0.05) is 23.5 Å². The first-order valence-electron chi connectivity index (χ1n) is 11.5. The summed E-state index contributed by atoms with van der Waals surface area (Å²) in [6.07, 6.45) is 1.74. The number of H-pyrrole nitrogens is 1. The van der Waals surface area contributed by atoms with E-state index in [1.165, 1.54) is 4.88 Å². The summed E-state index contributed by atoms with van der Waals surface area (Å²) in [4.78, 5) is 19.7. The number of hydrogen-bond donors (Lipinski definition) is 1. The second-order valence-electron chi connectivity index (χ2n) is 9.19. The molecule has 1 aromatic carbocycles. The lowest BCUT2D eigenvalue weighted by atomic mass is 10.0. The Kier molecular flexibility index (Phi) is 6.76. The Morgan fingerprint density at radius 2 is 2.00 bits per heavy atom. The Hall–Kier alpha value is -2.84. The normalized spacial score (nSPS) is 13.2. The Morgan fingerprint density at radius 3 is 2.70 bits per heavy atom. The van der Waals surface area contributed by atoms with Crippen LogP contribution in [0.1, 0.15) is 68.4 Å². The maximum Gasteiger partial charge on any atom is 0.252 e. The van der Waals surface area contributed by atoms with Crippen molar-refractivity contribution in [2.75, 3.05) is 0 Å². The first kappa shape index (κ1) is 23.3. The van der Waals surface area contributed by atoms with Crippen LogP contribution in [0.4, 0.5) is 0 Å². The molecule has 1 N–H and O–H groups in total. The fourth-order valence-electron chi connectivity index (χ4n) is 4.23. The molecule has 4 aromatic rings. The van der Waals surface area contributed by atoms with E-state index in [1.54, 1.807) is 11.3 Å². The highest BCUT2D eigenvalue weighted by molar-refractivity contribution is 7.09. The Morgan fingerprint density at radius 1 is 1.18 bits per heavy atom. The molecule has 0 spiro atoms. The van der Waals surface area contributed by atoms with Gasteiger partial charge in [-0.25, -0.2) is 4.68 Å². The van der Waals surface area contributed by atoms with Gasteiger partial charge in [0.05, 0.1) is 17.1 Å². The van der Waals surface area contributed by atoms with Crippen LogP contribution in [0.2, 0.25) is 0 Å². The number of pyridine rings is 1. The third-order valence-electron chi connectivity index (χ3n) is 6.54. The van der Waals surface area contributed by atoms with Gasteiger partial charge >= 0.3 is 0 Å². The number of aromatic amines is 1. The molecule has 0 bridgehead atoms. The van der Waals surface area contributed by atoms with Crippen molar-refractivity contribution in [1.82, 2.24) is 30.1 Å². The quantitative estimate of drug-likeness (QED) is 0.369. The summed E-state index contributed by atoms with van der Waals surface area (Å²) in [6.45, 7) is 11.9. The molecule has 0 aliphatic heterocycles. The van der Waals surface area contributed by atoms with E-state index >= 15 is 0 Å². The topological polar surface area (TPSA) is 79.7 Å². The molecule has 0 aliphatic carbocycles. The van der Waals surface area contributed by atoms with E-state index in [0.29, 0.717) is 6.54 Å². The van der Waals surface area contributed by atoms with Crippen molar-refractivity contribution < 1.29 is 0 Å². The standard InChI is InChI=1S/C25H32N6OS/c1-6-21(23-27-28-29-31(23)25(4,5)7-2)30(16-20-12-9-13-33-20)15-19-14-18-11-8-10-17(3)22(18)26-24(19)32/h8-14,21H,6-7,15-16H2,1-5H3,(H,26,32). The summed E-state index contributed by atoms with van der Waals surface area (Å²) in [7, 11) is 0. The number of hydrogen-bond acceptors (Lipinski definition) is 6. The lowest BCUT2D eigenvalue weighted by Gasteiger charge is -2.32. The maximum atomic E-state index is 13.1. The third kappa shape index (κ3) is 4.77. The van der Waals surface area contributed by atoms with Crippen LogP contribution in [0.3, 0.4) is 0 Å². The molecular weight excluding hydrogens is 432 g/mol. The van der Waals surface area contributed by atoms with Gasteiger partial charge in [-0.1, -0.05) is 38.1 Å². The van der Waals surface area contributed by atoms with Crippen molar-refractivity contribution in [2.45, 2.75) is 72.1 Å². The molecule has 1 atom stereocenters. The summed E-state index contributed by atoms with van der Waals surface area (Å²) < 4.78 is 1.95. The van der Waals surface area contributed by atoms with Crippen LogP contribution in [-0.4, -0.2) is 30.1 Å². The molecule has 3 aromatic heterocycles. The first-order valence-corrected chi connectivity index (χ1v) is 12.4. The zero-order valence-electron chi connectivity index (χ0n) is 20.0. The second-order valence-corrected chi connectivity index (χ2v) is 10.2. The number of nitrogens with one attached hydrogen (secondary N) is 1. The Labute approximate surface area is 198 Å². The van der Waals surface area contributed by atoms with Crippen LogP contribution in [0, 0.1) is 6.92 Å². The Bertz CT molecular complexity index is 1270. The maximum absolute atomic E-state index is 13.1. The van der Waals surface area contributed by atoms with E-state index in [1.807, 2.05) is 35.9 Å². The van der Waals surface area contributed by atoms with Gasteiger partial charge < -0.3 is 4.98 Å². The molecule has 0 amide bonds. The fraction of sp³-hybridized carbons (Fsp3) is 0.440. The number of fused-ring (bicyclic) bond motifs is 1. The number of benzene rings is 1. The summed E-state index contributed by atoms with van der Waals surface area (Å²) in [5, 5.41) is 16.0. The van der Waals surface area contributed by atoms with Gasteiger partial charge in [0.1, 0.15) is 0 Å². The number of tetrazole rings is 1. The van der Waals surface area contributed by atoms with E-state index in [4.69, 9.17) is 0 Å². The van der Waals surface area contributed by atoms with E-state index in [-0.39, 0.29) is 17.1 Å². The number of para-hydroxylation sites is 1. The van der Waals surface area contributed by atoms with E-state index < -0.39 is 0 Å². The number of aromatic nitrogens is 5. The van der Waals surface area contributed by atoms with Gasteiger partial charge in [-0.3, -0.25) is 9.69 Å². The predicted molar refractivity (Wildman–Crippen MR) is 133 cm³/mol. The second kappa shape index (κ2) is 9.57. The molecule has 4 rings (SSSR count). The molecule has 8 heteroatoms. The summed E-state index contributed by atoms with van der Waals surface area (Å²) in [6, 6.07) is 12.3. The van der Waals surface area contributed by atoms with Crippen molar-refractivity contribution in [3.8, 4) is 0 Å². The van der Waals surface area contributed by atoms with Crippen molar-refractivity contribution in [3.05, 3.63) is 74.0 Å². The first-order chi connectivity index (χ1) is 15.8. The number of thiophene rings is 1. The molecule has 33 heavy (non-hydrogen) atoms. The van der Waals surface area contributed by atoms with Crippen LogP contribution >= 0.6 is 11.3 Å². The highest BCUT2D eigenvalue weighted by Crippen LogP contribution is 2.30. The van der Waals surface area contributed by atoms with E-state index in [9.17, 15) is 4.79 Å². The molecule has 174 valence electrons. The molecule has 0 aliphatic rings. The largest absolute Gasteiger partial charge is 0.321 e. The smallest absolute Gasteiger partial charge is 0.252 e. The molecule has 3 heterocycles. The highest BCUT2D eigenvalue weighted by Gasteiger charge is 2.31. The lowest BCUT2D eigenvalue weighted by molar-refractivity contribution is 0.152. The summed E-state index contributed by atoms with van der Waals surface area (Å²) in [5.74, 6) is 0.842. The van der Waals surface area contributed by atoms with Gasteiger partial charge in [0.2, 0.25) is 0 Å². The third-order valence-corrected chi connectivity index (χ3v) is 7.40. The van der Waals surface area contributed by atoms with E-state index in [0.717, 1.165) is 47.2 Å². The van der Waals surface area contributed by atoms with Crippen LogP contribution in [-0.2, 0) is 18.6 Å². The van der Waals surface area contributed by atoms with Gasteiger partial charge in [-0.05, 0) is 72.5 Å². The molecule has 0 saturated carbocycles. The average Bonchev–Trinajstić information content (AvgIpc) is 3.48. The van der Waals surface area contributed by atoms with Crippen LogP contribution in [0.5, 0.6) is 0 Å². The van der Waals surface area contributed by atoms with Gasteiger partial charge in [0.15, 0.2) is 5.82 Å². The van der Waals surface area contributed by atoms with E-state index in [2.05, 4.69) is 70.6 Å². The Balaban J connectivity index is 1.76.